The monoisotopic (exact) mass is 408 g/mol. The maximum Gasteiger partial charge on any atom is 0.429 e. The number of benzene rings is 2. The highest BCUT2D eigenvalue weighted by Crippen LogP contribution is 2.60. The summed E-state index contributed by atoms with van der Waals surface area (Å²) in [6.45, 7) is 0. The number of aliphatic imine (C=N–C) groups is 1. The molecule has 2 aromatic carbocycles. The fourth-order valence-corrected chi connectivity index (χ4v) is 4.33. The first-order valence-electron chi connectivity index (χ1n) is 7.32. The second kappa shape index (κ2) is 5.98. The number of alkyl halides is 6. The number of para-hydroxylation sites is 1. The quantitative estimate of drug-likeness (QED) is 0.562. The van der Waals surface area contributed by atoms with Crippen molar-refractivity contribution in [3.63, 3.8) is 0 Å². The van der Waals surface area contributed by atoms with E-state index in [-0.39, 0.29) is 5.69 Å². The maximum atomic E-state index is 13.5. The zero-order valence-corrected chi connectivity index (χ0v) is 14.0. The molecule has 1 saturated heterocycles. The van der Waals surface area contributed by atoms with Crippen LogP contribution in [0.5, 0.6) is 0 Å². The Hall–Kier alpha value is -2.56. The van der Waals surface area contributed by atoms with Crippen molar-refractivity contribution in [2.24, 2.45) is 4.99 Å². The minimum atomic E-state index is -5.96. The van der Waals surface area contributed by atoms with Gasteiger partial charge in [-0.25, -0.2) is 17.7 Å². The van der Waals surface area contributed by atoms with Crippen molar-refractivity contribution >= 4 is 21.5 Å². The molecule has 0 N–H and O–H groups in total. The summed E-state index contributed by atoms with van der Waals surface area (Å²) in [4.78, 5) is 2.65. The molecule has 1 heterocycles. The lowest BCUT2D eigenvalue weighted by atomic mass is 10.1. The minimum absolute atomic E-state index is 0.240. The molecule has 27 heavy (non-hydrogen) atoms. The summed E-state index contributed by atoms with van der Waals surface area (Å²) in [7, 11) is -5.15. The Balaban J connectivity index is 2.25. The molecular formula is C16H10F6N2O2S. The van der Waals surface area contributed by atoms with Crippen LogP contribution >= 0.6 is 0 Å². The van der Waals surface area contributed by atoms with E-state index in [1.54, 1.807) is 0 Å². The molecule has 0 unspecified atom stereocenters. The van der Waals surface area contributed by atoms with Crippen molar-refractivity contribution in [2.45, 2.75) is 22.8 Å². The van der Waals surface area contributed by atoms with E-state index in [4.69, 9.17) is 0 Å². The summed E-state index contributed by atoms with van der Waals surface area (Å²) in [5.41, 5.74) is -4.94. The van der Waals surface area contributed by atoms with Gasteiger partial charge in [-0.1, -0.05) is 36.4 Å². The van der Waals surface area contributed by atoms with Crippen LogP contribution < -0.4 is 0 Å². The van der Waals surface area contributed by atoms with Crippen LogP contribution in [0.15, 0.2) is 70.6 Å². The predicted octanol–water partition coefficient (Wildman–Crippen LogP) is 4.28. The second-order valence-corrected chi connectivity index (χ2v) is 7.35. The zero-order valence-electron chi connectivity index (χ0n) is 13.2. The maximum absolute atomic E-state index is 13.5. The lowest BCUT2D eigenvalue weighted by Crippen LogP contribution is -2.51. The van der Waals surface area contributed by atoms with Crippen molar-refractivity contribution in [1.82, 2.24) is 4.31 Å². The Morgan fingerprint density at radius 1 is 0.778 bits per heavy atom. The third kappa shape index (κ3) is 2.85. The summed E-state index contributed by atoms with van der Waals surface area (Å²) >= 11 is 0. The van der Waals surface area contributed by atoms with Gasteiger partial charge in [0.25, 0.3) is 10.0 Å². The van der Waals surface area contributed by atoms with Crippen LogP contribution in [0, 0.1) is 0 Å². The summed E-state index contributed by atoms with van der Waals surface area (Å²) in [6.07, 6.45) is -11.9. The van der Waals surface area contributed by atoms with Crippen LogP contribution in [-0.2, 0) is 10.0 Å². The molecule has 0 spiro atoms. The van der Waals surface area contributed by atoms with Gasteiger partial charge in [-0.05, 0) is 24.3 Å². The summed E-state index contributed by atoms with van der Waals surface area (Å²) in [6, 6.07) is 12.1. The number of sulfonamides is 1. The van der Waals surface area contributed by atoms with E-state index in [0.717, 1.165) is 24.3 Å². The van der Waals surface area contributed by atoms with Crippen molar-refractivity contribution in [1.29, 1.82) is 0 Å². The molecule has 0 aromatic heterocycles. The van der Waals surface area contributed by atoms with E-state index < -0.39 is 43.0 Å². The normalized spacial score (nSPS) is 18.6. The van der Waals surface area contributed by atoms with Crippen LogP contribution in [-0.4, -0.2) is 36.5 Å². The van der Waals surface area contributed by atoms with E-state index in [1.807, 2.05) is 0 Å². The van der Waals surface area contributed by atoms with E-state index in [1.165, 1.54) is 36.4 Å². The Kier molecular flexibility index (Phi) is 4.25. The largest absolute Gasteiger partial charge is 0.429 e. The Morgan fingerprint density at radius 3 is 1.67 bits per heavy atom. The smallest absolute Gasteiger partial charge is 0.231 e. The van der Waals surface area contributed by atoms with Crippen LogP contribution in [0.3, 0.4) is 0 Å². The zero-order chi connectivity index (χ0) is 20.1. The Labute approximate surface area is 149 Å². The topological polar surface area (TPSA) is 49.5 Å². The molecular weight excluding hydrogens is 398 g/mol. The molecule has 1 aliphatic heterocycles. The fourth-order valence-electron chi connectivity index (χ4n) is 2.61. The van der Waals surface area contributed by atoms with Gasteiger partial charge in [-0.2, -0.15) is 26.3 Å². The number of hydrogen-bond donors (Lipinski definition) is 0. The molecule has 4 nitrogen and oxygen atoms in total. The molecule has 11 heteroatoms. The van der Waals surface area contributed by atoms with Gasteiger partial charge < -0.3 is 0 Å². The molecule has 0 bridgehead atoms. The number of hydrogen-bond acceptors (Lipinski definition) is 3. The SMILES string of the molecule is O=S(=O)(c1ccccc1)N1C(=Nc2ccccc2)C1(C(F)(F)F)C(F)(F)F. The lowest BCUT2D eigenvalue weighted by molar-refractivity contribution is -0.267. The molecule has 0 radical (unpaired) electrons. The average Bonchev–Trinajstić information content (AvgIpc) is 3.27. The van der Waals surface area contributed by atoms with Gasteiger partial charge in [0.2, 0.25) is 0 Å². The van der Waals surface area contributed by atoms with Gasteiger partial charge in [-0.15, -0.1) is 0 Å². The van der Waals surface area contributed by atoms with Gasteiger partial charge in [0, 0.05) is 0 Å². The highest BCUT2D eigenvalue weighted by atomic mass is 32.2. The molecule has 2 aromatic rings. The van der Waals surface area contributed by atoms with Crippen molar-refractivity contribution in [2.75, 3.05) is 0 Å². The number of halogens is 6. The third-order valence-electron chi connectivity index (χ3n) is 3.86. The molecule has 0 amide bonds. The fraction of sp³-hybridized carbons (Fsp3) is 0.188. The Bertz CT molecular complexity index is 955. The number of rotatable bonds is 3. The predicted molar refractivity (Wildman–Crippen MR) is 83.8 cm³/mol. The molecule has 1 fully saturated rings. The van der Waals surface area contributed by atoms with Crippen LogP contribution in [0.1, 0.15) is 0 Å². The summed E-state index contributed by atoms with van der Waals surface area (Å²) in [5, 5.41) is 0. The third-order valence-corrected chi connectivity index (χ3v) is 5.66. The highest BCUT2D eigenvalue weighted by molar-refractivity contribution is 7.90. The first kappa shape index (κ1) is 19.2. The van der Waals surface area contributed by atoms with E-state index >= 15 is 0 Å². The van der Waals surface area contributed by atoms with Crippen LogP contribution in [0.4, 0.5) is 32.0 Å². The van der Waals surface area contributed by atoms with Gasteiger partial charge in [-0.3, -0.25) is 0 Å². The van der Waals surface area contributed by atoms with E-state index in [9.17, 15) is 34.8 Å². The first-order valence-corrected chi connectivity index (χ1v) is 8.76. The number of nitrogens with zero attached hydrogens (tertiary/aromatic N) is 2. The Morgan fingerprint density at radius 2 is 1.22 bits per heavy atom. The summed E-state index contributed by atoms with van der Waals surface area (Å²) < 4.78 is 106. The molecule has 0 atom stereocenters. The van der Waals surface area contributed by atoms with Gasteiger partial charge in [0.15, 0.2) is 5.84 Å². The molecule has 1 aliphatic rings. The summed E-state index contributed by atoms with van der Waals surface area (Å²) in [5.74, 6) is -1.64. The van der Waals surface area contributed by atoms with Crippen molar-refractivity contribution in [3.05, 3.63) is 60.7 Å². The van der Waals surface area contributed by atoms with Crippen LogP contribution in [0.25, 0.3) is 0 Å². The first-order chi connectivity index (χ1) is 12.4. The van der Waals surface area contributed by atoms with Crippen molar-refractivity contribution in [3.8, 4) is 0 Å². The standard InChI is InChI=1S/C16H10F6N2O2S/c17-15(18,19)14(16(20,21)22)13(23-11-7-3-1-4-8-11)24(14)27(25,26)12-9-5-2-6-10-12/h1-10H. The van der Waals surface area contributed by atoms with Crippen molar-refractivity contribution < 1.29 is 34.8 Å². The molecule has 3 rings (SSSR count). The van der Waals surface area contributed by atoms with E-state index in [2.05, 4.69) is 4.99 Å². The van der Waals surface area contributed by atoms with Gasteiger partial charge in [0.1, 0.15) is 0 Å². The van der Waals surface area contributed by atoms with Gasteiger partial charge in [0.05, 0.1) is 10.6 Å². The molecule has 0 saturated carbocycles. The van der Waals surface area contributed by atoms with Gasteiger partial charge >= 0.3 is 17.9 Å². The highest BCUT2D eigenvalue weighted by Gasteiger charge is 2.91. The number of amidine groups is 1. The average molecular weight is 408 g/mol. The second-order valence-electron chi connectivity index (χ2n) is 5.56. The van der Waals surface area contributed by atoms with Crippen LogP contribution in [0.2, 0.25) is 0 Å². The molecule has 144 valence electrons. The molecule has 0 aliphatic carbocycles. The lowest BCUT2D eigenvalue weighted by Gasteiger charge is -2.22. The minimum Gasteiger partial charge on any atom is -0.231 e. The van der Waals surface area contributed by atoms with E-state index in [0.29, 0.717) is 0 Å².